The van der Waals surface area contributed by atoms with Crippen LogP contribution in [0.2, 0.25) is 0 Å². The first-order valence-corrected chi connectivity index (χ1v) is 9.19. The van der Waals surface area contributed by atoms with Gasteiger partial charge >= 0.3 is 0 Å². The highest BCUT2D eigenvalue weighted by Crippen LogP contribution is 2.32. The molecule has 7 heteroatoms. The van der Waals surface area contributed by atoms with Gasteiger partial charge in [0.05, 0.1) is 31.4 Å². The number of nitrogens with zero attached hydrogens (tertiary/aromatic N) is 1. The molecule has 1 aliphatic heterocycles. The van der Waals surface area contributed by atoms with Crippen LogP contribution in [-0.2, 0) is 4.79 Å². The molecule has 1 fully saturated rings. The summed E-state index contributed by atoms with van der Waals surface area (Å²) in [7, 11) is 3.16. The van der Waals surface area contributed by atoms with Gasteiger partial charge in [-0.1, -0.05) is 6.07 Å². The van der Waals surface area contributed by atoms with Gasteiger partial charge in [0.1, 0.15) is 5.75 Å². The Bertz CT molecular complexity index is 891. The third-order valence-corrected chi connectivity index (χ3v) is 4.64. The van der Waals surface area contributed by atoms with Crippen LogP contribution in [-0.4, -0.2) is 31.9 Å². The van der Waals surface area contributed by atoms with E-state index in [0.29, 0.717) is 28.2 Å². The van der Waals surface area contributed by atoms with Crippen molar-refractivity contribution in [1.29, 1.82) is 0 Å². The van der Waals surface area contributed by atoms with E-state index in [2.05, 4.69) is 10.3 Å². The SMILES string of the molecule is CCOc1ccc(N=C2NC(=O)/C(=C/c3ccc(OC)c(OC)c3)S2)cc1. The van der Waals surface area contributed by atoms with Crippen molar-refractivity contribution >= 4 is 34.6 Å². The minimum atomic E-state index is -0.181. The lowest BCUT2D eigenvalue weighted by atomic mass is 10.2. The lowest BCUT2D eigenvalue weighted by Gasteiger charge is -2.07. The van der Waals surface area contributed by atoms with Crippen molar-refractivity contribution in [3.63, 3.8) is 0 Å². The highest BCUT2D eigenvalue weighted by atomic mass is 32.2. The minimum Gasteiger partial charge on any atom is -0.494 e. The summed E-state index contributed by atoms with van der Waals surface area (Å²) in [6.07, 6.45) is 1.79. The van der Waals surface area contributed by atoms with Gasteiger partial charge in [-0.3, -0.25) is 4.79 Å². The maximum absolute atomic E-state index is 12.2. The molecule has 1 heterocycles. The number of methoxy groups -OCH3 is 2. The first kappa shape index (κ1) is 18.8. The van der Waals surface area contributed by atoms with Crippen molar-refractivity contribution in [1.82, 2.24) is 5.32 Å². The van der Waals surface area contributed by atoms with E-state index in [1.165, 1.54) is 11.8 Å². The molecular formula is C20H20N2O4S. The highest BCUT2D eigenvalue weighted by Gasteiger charge is 2.24. The fraction of sp³-hybridized carbons (Fsp3) is 0.200. The van der Waals surface area contributed by atoms with E-state index in [0.717, 1.165) is 17.0 Å². The van der Waals surface area contributed by atoms with Gasteiger partial charge in [-0.15, -0.1) is 0 Å². The minimum absolute atomic E-state index is 0.181. The molecule has 27 heavy (non-hydrogen) atoms. The van der Waals surface area contributed by atoms with Crippen LogP contribution in [0.4, 0.5) is 5.69 Å². The number of ether oxygens (including phenoxy) is 3. The summed E-state index contributed by atoms with van der Waals surface area (Å²) >= 11 is 1.29. The number of amidine groups is 1. The smallest absolute Gasteiger partial charge is 0.264 e. The monoisotopic (exact) mass is 384 g/mol. The number of amides is 1. The van der Waals surface area contributed by atoms with Crippen molar-refractivity contribution in [2.75, 3.05) is 20.8 Å². The summed E-state index contributed by atoms with van der Waals surface area (Å²) in [5.41, 5.74) is 1.58. The summed E-state index contributed by atoms with van der Waals surface area (Å²) in [6.45, 7) is 2.55. The van der Waals surface area contributed by atoms with Crippen molar-refractivity contribution in [2.45, 2.75) is 6.92 Å². The van der Waals surface area contributed by atoms with Crippen LogP contribution in [0.1, 0.15) is 12.5 Å². The second-order valence-corrected chi connectivity index (χ2v) is 6.55. The van der Waals surface area contributed by atoms with Gasteiger partial charge in [-0.2, -0.15) is 0 Å². The maximum Gasteiger partial charge on any atom is 0.264 e. The summed E-state index contributed by atoms with van der Waals surface area (Å²) in [4.78, 5) is 17.3. The molecule has 140 valence electrons. The van der Waals surface area contributed by atoms with E-state index in [9.17, 15) is 4.79 Å². The predicted octanol–water partition coefficient (Wildman–Crippen LogP) is 3.99. The largest absolute Gasteiger partial charge is 0.494 e. The second-order valence-electron chi connectivity index (χ2n) is 5.52. The van der Waals surface area contributed by atoms with E-state index in [1.807, 2.05) is 43.3 Å². The Morgan fingerprint density at radius 3 is 2.48 bits per heavy atom. The van der Waals surface area contributed by atoms with Crippen LogP contribution in [0.3, 0.4) is 0 Å². The average molecular weight is 384 g/mol. The summed E-state index contributed by atoms with van der Waals surface area (Å²) in [5.74, 6) is 1.86. The number of benzene rings is 2. The zero-order valence-electron chi connectivity index (χ0n) is 15.3. The molecule has 0 aliphatic carbocycles. The molecule has 0 aromatic heterocycles. The molecule has 2 aromatic rings. The third kappa shape index (κ3) is 4.62. The summed E-state index contributed by atoms with van der Waals surface area (Å²) < 4.78 is 15.9. The fourth-order valence-corrected chi connectivity index (χ4v) is 3.32. The highest BCUT2D eigenvalue weighted by molar-refractivity contribution is 8.18. The second kappa shape index (κ2) is 8.64. The normalized spacial score (nSPS) is 16.5. The van der Waals surface area contributed by atoms with Gasteiger partial charge in [0, 0.05) is 0 Å². The molecule has 3 rings (SSSR count). The zero-order valence-corrected chi connectivity index (χ0v) is 16.1. The van der Waals surface area contributed by atoms with Crippen LogP contribution in [0.5, 0.6) is 17.2 Å². The van der Waals surface area contributed by atoms with Gasteiger partial charge < -0.3 is 19.5 Å². The number of nitrogens with one attached hydrogen (secondary N) is 1. The Labute approximate surface area is 162 Å². The van der Waals surface area contributed by atoms with E-state index in [1.54, 1.807) is 26.4 Å². The van der Waals surface area contributed by atoms with Crippen LogP contribution >= 0.6 is 11.8 Å². The molecule has 0 spiro atoms. The average Bonchev–Trinajstić information content (AvgIpc) is 3.02. The molecular weight excluding hydrogens is 364 g/mol. The fourth-order valence-electron chi connectivity index (χ4n) is 2.48. The molecule has 0 atom stereocenters. The molecule has 0 radical (unpaired) electrons. The lowest BCUT2D eigenvalue weighted by Crippen LogP contribution is -2.19. The first-order chi connectivity index (χ1) is 13.1. The molecule has 0 bridgehead atoms. The molecule has 0 saturated carbocycles. The maximum atomic E-state index is 12.2. The molecule has 1 aliphatic rings. The van der Waals surface area contributed by atoms with Gasteiger partial charge in [-0.25, -0.2) is 4.99 Å². The molecule has 2 aromatic carbocycles. The first-order valence-electron chi connectivity index (χ1n) is 8.37. The Balaban J connectivity index is 1.77. The number of thioether (sulfide) groups is 1. The summed E-state index contributed by atoms with van der Waals surface area (Å²) in [6, 6.07) is 12.9. The number of carbonyl (C=O) groups excluding carboxylic acids is 1. The van der Waals surface area contributed by atoms with E-state index in [-0.39, 0.29) is 5.91 Å². The number of hydrogen-bond acceptors (Lipinski definition) is 6. The molecule has 6 nitrogen and oxygen atoms in total. The number of carbonyl (C=O) groups is 1. The van der Waals surface area contributed by atoms with E-state index in [4.69, 9.17) is 14.2 Å². The van der Waals surface area contributed by atoms with Crippen molar-refractivity contribution in [3.8, 4) is 17.2 Å². The van der Waals surface area contributed by atoms with Crippen LogP contribution in [0, 0.1) is 0 Å². The number of aliphatic imine (C=N–C) groups is 1. The Kier molecular flexibility index (Phi) is 6.03. The summed E-state index contributed by atoms with van der Waals surface area (Å²) in [5, 5.41) is 3.32. The van der Waals surface area contributed by atoms with E-state index < -0.39 is 0 Å². The van der Waals surface area contributed by atoms with Gasteiger partial charge in [0.15, 0.2) is 16.7 Å². The van der Waals surface area contributed by atoms with Gasteiger partial charge in [0.2, 0.25) is 0 Å². The standard InChI is InChI=1S/C20H20N2O4S/c1-4-26-15-8-6-14(7-9-15)21-20-22-19(23)18(27-20)12-13-5-10-16(24-2)17(11-13)25-3/h5-12H,4H2,1-3H3,(H,21,22,23)/b18-12-. The number of hydrogen-bond donors (Lipinski definition) is 1. The third-order valence-electron chi connectivity index (χ3n) is 3.73. The molecule has 0 unspecified atom stereocenters. The van der Waals surface area contributed by atoms with Crippen LogP contribution in [0.15, 0.2) is 52.4 Å². The zero-order chi connectivity index (χ0) is 19.2. The Morgan fingerprint density at radius 2 is 1.81 bits per heavy atom. The molecule has 1 saturated heterocycles. The topological polar surface area (TPSA) is 69.2 Å². The quantitative estimate of drug-likeness (QED) is 0.763. The Hall–Kier alpha value is -2.93. The van der Waals surface area contributed by atoms with Crippen LogP contribution in [0.25, 0.3) is 6.08 Å². The number of rotatable bonds is 6. The van der Waals surface area contributed by atoms with Crippen molar-refractivity contribution in [3.05, 3.63) is 52.9 Å². The van der Waals surface area contributed by atoms with Gasteiger partial charge in [-0.05, 0) is 66.7 Å². The predicted molar refractivity (Wildman–Crippen MR) is 108 cm³/mol. The van der Waals surface area contributed by atoms with Crippen molar-refractivity contribution in [2.24, 2.45) is 4.99 Å². The van der Waals surface area contributed by atoms with Gasteiger partial charge in [0.25, 0.3) is 5.91 Å². The van der Waals surface area contributed by atoms with Crippen molar-refractivity contribution < 1.29 is 19.0 Å². The lowest BCUT2D eigenvalue weighted by molar-refractivity contribution is -0.115. The molecule has 1 N–H and O–H groups in total. The van der Waals surface area contributed by atoms with E-state index >= 15 is 0 Å². The molecule has 1 amide bonds. The Morgan fingerprint density at radius 1 is 1.07 bits per heavy atom. The van der Waals surface area contributed by atoms with Crippen LogP contribution < -0.4 is 19.5 Å².